The minimum Gasteiger partial charge on any atom is -0.462 e. The Morgan fingerprint density at radius 2 is 1.34 bits per heavy atom. The third-order valence-corrected chi connectivity index (χ3v) is 9.72. The van der Waals surface area contributed by atoms with Gasteiger partial charge in [-0.05, 0) is 62.7 Å². The van der Waals surface area contributed by atoms with Gasteiger partial charge < -0.3 is 19.3 Å². The Bertz CT molecular complexity index is 795. The van der Waals surface area contributed by atoms with Gasteiger partial charge in [0.05, 0.1) is 5.60 Å². The number of ether oxygens (including phenoxy) is 3. The number of carbonyl (C=O) groups is 3. The SMILES string of the molecule is CC(=O)O[C@H]1C[C@@H]2CC[C@H]3[C@H]4CC[C@@H](OC(C)=O)[C@]4(C)CC[C@]3(O)[C@]2(C)[C@@H](OC(C)=O)C1. The van der Waals surface area contributed by atoms with Crippen molar-refractivity contribution in [1.82, 2.24) is 0 Å². The summed E-state index contributed by atoms with van der Waals surface area (Å²) >= 11 is 0. The van der Waals surface area contributed by atoms with Gasteiger partial charge in [-0.3, -0.25) is 14.4 Å². The lowest BCUT2D eigenvalue weighted by atomic mass is 9.42. The molecule has 0 aliphatic heterocycles. The predicted molar refractivity (Wildman–Crippen MR) is 115 cm³/mol. The van der Waals surface area contributed by atoms with E-state index in [1.165, 1.54) is 20.8 Å². The molecule has 0 aromatic carbocycles. The summed E-state index contributed by atoms with van der Waals surface area (Å²) in [6.45, 7) is 8.57. The monoisotopic (exact) mass is 450 g/mol. The van der Waals surface area contributed by atoms with E-state index in [-0.39, 0.29) is 53.3 Å². The molecule has 32 heavy (non-hydrogen) atoms. The maximum absolute atomic E-state index is 12.4. The first-order valence-corrected chi connectivity index (χ1v) is 12.2. The second-order valence-electron chi connectivity index (χ2n) is 11.2. The van der Waals surface area contributed by atoms with Crippen LogP contribution in [0.15, 0.2) is 0 Å². The van der Waals surface area contributed by atoms with Crippen LogP contribution in [-0.4, -0.2) is 46.9 Å². The lowest BCUT2D eigenvalue weighted by Gasteiger charge is -2.66. The van der Waals surface area contributed by atoms with Crippen LogP contribution in [0.5, 0.6) is 0 Å². The van der Waals surface area contributed by atoms with Crippen molar-refractivity contribution in [3.05, 3.63) is 0 Å². The van der Waals surface area contributed by atoms with Crippen LogP contribution < -0.4 is 0 Å². The molecule has 0 radical (unpaired) electrons. The Labute approximate surface area is 190 Å². The molecule has 0 saturated heterocycles. The average molecular weight is 451 g/mol. The molecular formula is C25H38O7. The van der Waals surface area contributed by atoms with Crippen LogP contribution in [0.3, 0.4) is 0 Å². The second-order valence-corrected chi connectivity index (χ2v) is 11.2. The molecule has 4 saturated carbocycles. The first-order valence-electron chi connectivity index (χ1n) is 12.2. The van der Waals surface area contributed by atoms with Crippen molar-refractivity contribution in [2.45, 2.75) is 110 Å². The summed E-state index contributed by atoms with van der Waals surface area (Å²) in [4.78, 5) is 35.4. The average Bonchev–Trinajstić information content (AvgIpc) is 2.99. The number of fused-ring (bicyclic) bond motifs is 5. The second kappa shape index (κ2) is 8.00. The lowest BCUT2D eigenvalue weighted by Crippen LogP contribution is -2.70. The Morgan fingerprint density at radius 1 is 0.750 bits per heavy atom. The summed E-state index contributed by atoms with van der Waals surface area (Å²) in [6.07, 6.45) is 5.06. The van der Waals surface area contributed by atoms with Gasteiger partial charge in [-0.15, -0.1) is 0 Å². The smallest absolute Gasteiger partial charge is 0.302 e. The summed E-state index contributed by atoms with van der Waals surface area (Å²) < 4.78 is 17.1. The van der Waals surface area contributed by atoms with Crippen molar-refractivity contribution in [3.63, 3.8) is 0 Å². The highest BCUT2D eigenvalue weighted by molar-refractivity contribution is 5.67. The summed E-state index contributed by atoms with van der Waals surface area (Å²) in [5.74, 6) is -0.531. The van der Waals surface area contributed by atoms with Crippen LogP contribution >= 0.6 is 0 Å². The number of esters is 3. The minimum atomic E-state index is -0.980. The van der Waals surface area contributed by atoms with Gasteiger partial charge in [0, 0.05) is 38.0 Å². The highest BCUT2D eigenvalue weighted by Crippen LogP contribution is 2.68. The van der Waals surface area contributed by atoms with Crippen molar-refractivity contribution in [1.29, 1.82) is 0 Å². The molecule has 7 heteroatoms. The van der Waals surface area contributed by atoms with E-state index in [9.17, 15) is 19.5 Å². The molecule has 9 atom stereocenters. The Morgan fingerprint density at radius 3 is 1.97 bits per heavy atom. The third kappa shape index (κ3) is 3.46. The number of hydrogen-bond donors (Lipinski definition) is 1. The molecule has 1 N–H and O–H groups in total. The standard InChI is InChI=1S/C25H38O7/c1-14(26)30-18-12-17-6-7-20-19-8-9-21(31-15(2)27)23(19,4)10-11-25(20,29)24(17,5)22(13-18)32-16(3)28/h17-22,29H,6-13H2,1-5H3/t17-,18-,19+,20-,21+,22-,23+,24-,25+/m0/s1. The number of rotatable bonds is 3. The van der Waals surface area contributed by atoms with E-state index in [1.807, 2.05) is 0 Å². The number of carbonyl (C=O) groups excluding carboxylic acids is 3. The molecular weight excluding hydrogens is 412 g/mol. The molecule has 0 heterocycles. The topological polar surface area (TPSA) is 99.1 Å². The molecule has 4 aliphatic rings. The fourth-order valence-corrected chi connectivity index (χ4v) is 8.25. The highest BCUT2D eigenvalue weighted by atomic mass is 16.6. The zero-order valence-corrected chi connectivity index (χ0v) is 20.0. The maximum Gasteiger partial charge on any atom is 0.302 e. The van der Waals surface area contributed by atoms with Crippen LogP contribution in [-0.2, 0) is 28.6 Å². The van der Waals surface area contributed by atoms with Gasteiger partial charge in [0.2, 0.25) is 0 Å². The molecule has 4 fully saturated rings. The van der Waals surface area contributed by atoms with Crippen molar-refractivity contribution in [2.24, 2.45) is 28.6 Å². The molecule has 0 bridgehead atoms. The molecule has 0 amide bonds. The number of hydrogen-bond acceptors (Lipinski definition) is 7. The van der Waals surface area contributed by atoms with Gasteiger partial charge in [0.1, 0.15) is 18.3 Å². The fourth-order valence-electron chi connectivity index (χ4n) is 8.25. The van der Waals surface area contributed by atoms with E-state index >= 15 is 0 Å². The number of aliphatic hydroxyl groups is 1. The van der Waals surface area contributed by atoms with Gasteiger partial charge in [-0.25, -0.2) is 0 Å². The van der Waals surface area contributed by atoms with Gasteiger partial charge >= 0.3 is 17.9 Å². The molecule has 4 rings (SSSR count). The molecule has 0 aromatic heterocycles. The minimum absolute atomic E-state index is 0.0615. The molecule has 0 spiro atoms. The van der Waals surface area contributed by atoms with Crippen LogP contribution in [0.1, 0.15) is 86.0 Å². The van der Waals surface area contributed by atoms with Crippen molar-refractivity contribution in [3.8, 4) is 0 Å². The molecule has 180 valence electrons. The Hall–Kier alpha value is -1.63. The molecule has 7 nitrogen and oxygen atoms in total. The van der Waals surface area contributed by atoms with Crippen molar-refractivity contribution in [2.75, 3.05) is 0 Å². The third-order valence-electron chi connectivity index (χ3n) is 9.72. The quantitative estimate of drug-likeness (QED) is 0.518. The van der Waals surface area contributed by atoms with Gasteiger partial charge in [0.25, 0.3) is 0 Å². The summed E-state index contributed by atoms with van der Waals surface area (Å²) in [5, 5.41) is 12.4. The predicted octanol–water partition coefficient (Wildman–Crippen LogP) is 3.55. The summed E-state index contributed by atoms with van der Waals surface area (Å²) in [5.41, 5.74) is -1.73. The Kier molecular flexibility index (Phi) is 5.88. The van der Waals surface area contributed by atoms with E-state index in [1.54, 1.807) is 0 Å². The van der Waals surface area contributed by atoms with Gasteiger partial charge in [-0.1, -0.05) is 13.8 Å². The van der Waals surface area contributed by atoms with Gasteiger partial charge in [-0.2, -0.15) is 0 Å². The van der Waals surface area contributed by atoms with Crippen molar-refractivity contribution < 1.29 is 33.7 Å². The Balaban J connectivity index is 1.67. The van der Waals surface area contributed by atoms with Crippen LogP contribution in [0.4, 0.5) is 0 Å². The van der Waals surface area contributed by atoms with Crippen LogP contribution in [0, 0.1) is 28.6 Å². The van der Waals surface area contributed by atoms with E-state index in [0.717, 1.165) is 32.1 Å². The highest BCUT2D eigenvalue weighted by Gasteiger charge is 2.70. The fraction of sp³-hybridized carbons (Fsp3) is 0.880. The van der Waals surface area contributed by atoms with Crippen molar-refractivity contribution >= 4 is 17.9 Å². The first kappa shape index (κ1) is 23.5. The van der Waals surface area contributed by atoms with Gasteiger partial charge in [0.15, 0.2) is 0 Å². The van der Waals surface area contributed by atoms with Crippen LogP contribution in [0.25, 0.3) is 0 Å². The van der Waals surface area contributed by atoms with E-state index < -0.39 is 17.1 Å². The van der Waals surface area contributed by atoms with E-state index in [0.29, 0.717) is 19.3 Å². The normalized spacial score (nSPS) is 47.4. The zero-order chi connectivity index (χ0) is 23.5. The molecule has 0 unspecified atom stereocenters. The zero-order valence-electron chi connectivity index (χ0n) is 20.0. The van der Waals surface area contributed by atoms with E-state index in [2.05, 4.69) is 13.8 Å². The summed E-state index contributed by atoms with van der Waals surface area (Å²) in [6, 6.07) is 0. The van der Waals surface area contributed by atoms with E-state index in [4.69, 9.17) is 14.2 Å². The molecule has 4 aliphatic carbocycles. The molecule has 0 aromatic rings. The summed E-state index contributed by atoms with van der Waals surface area (Å²) in [7, 11) is 0. The first-order chi connectivity index (χ1) is 14.9. The largest absolute Gasteiger partial charge is 0.462 e. The van der Waals surface area contributed by atoms with Crippen LogP contribution in [0.2, 0.25) is 0 Å². The lowest BCUT2D eigenvalue weighted by molar-refractivity contribution is -0.277. The maximum atomic E-state index is 12.4.